The highest BCUT2D eigenvalue weighted by atomic mass is 16.2. The van der Waals surface area contributed by atoms with Crippen molar-refractivity contribution in [3.63, 3.8) is 0 Å². The van der Waals surface area contributed by atoms with E-state index >= 15 is 0 Å². The number of urea groups is 1. The summed E-state index contributed by atoms with van der Waals surface area (Å²) in [6, 6.07) is -0.275. The zero-order chi connectivity index (χ0) is 7.90. The van der Waals surface area contributed by atoms with Crippen molar-refractivity contribution in [1.82, 2.24) is 10.2 Å². The average Bonchev–Trinajstić information content (AvgIpc) is 2.29. The van der Waals surface area contributed by atoms with Crippen molar-refractivity contribution in [2.24, 2.45) is 11.1 Å². The number of likely N-dealkylation sites (tertiary alicyclic amines) is 1. The van der Waals surface area contributed by atoms with Crippen LogP contribution in [0.3, 0.4) is 0 Å². The van der Waals surface area contributed by atoms with Crippen LogP contribution in [0, 0.1) is 5.41 Å². The van der Waals surface area contributed by atoms with Crippen LogP contribution in [0.1, 0.15) is 6.42 Å². The standard InChI is InChI=1S/C7H13N3O/c8-6(11)10-4-7(5-10)1-2-9-3-7/h9H,1-5H2,(H2,8,11). The van der Waals surface area contributed by atoms with Gasteiger partial charge >= 0.3 is 6.03 Å². The molecule has 2 amide bonds. The molecule has 2 saturated heterocycles. The van der Waals surface area contributed by atoms with Crippen LogP contribution in [0.4, 0.5) is 4.79 Å². The lowest BCUT2D eigenvalue weighted by atomic mass is 9.79. The molecule has 0 bridgehead atoms. The molecule has 0 aromatic carbocycles. The number of rotatable bonds is 0. The third-order valence-corrected chi connectivity index (χ3v) is 2.70. The molecule has 3 N–H and O–H groups in total. The van der Waals surface area contributed by atoms with E-state index < -0.39 is 0 Å². The van der Waals surface area contributed by atoms with Crippen LogP contribution >= 0.6 is 0 Å². The van der Waals surface area contributed by atoms with Gasteiger partial charge in [-0.25, -0.2) is 4.79 Å². The summed E-state index contributed by atoms with van der Waals surface area (Å²) in [5.41, 5.74) is 5.50. The minimum atomic E-state index is -0.275. The van der Waals surface area contributed by atoms with Gasteiger partial charge < -0.3 is 16.0 Å². The van der Waals surface area contributed by atoms with Gasteiger partial charge in [0.05, 0.1) is 0 Å². The van der Waals surface area contributed by atoms with E-state index in [1.807, 2.05) is 0 Å². The summed E-state index contributed by atoms with van der Waals surface area (Å²) in [7, 11) is 0. The molecule has 0 atom stereocenters. The Balaban J connectivity index is 1.91. The van der Waals surface area contributed by atoms with Gasteiger partial charge in [-0.15, -0.1) is 0 Å². The Morgan fingerprint density at radius 3 is 2.73 bits per heavy atom. The number of carbonyl (C=O) groups excluding carboxylic acids is 1. The maximum Gasteiger partial charge on any atom is 0.314 e. The van der Waals surface area contributed by atoms with Crippen molar-refractivity contribution in [2.75, 3.05) is 26.2 Å². The molecular formula is C7H13N3O. The maximum absolute atomic E-state index is 10.6. The van der Waals surface area contributed by atoms with E-state index in [0.29, 0.717) is 5.41 Å². The third-order valence-electron chi connectivity index (χ3n) is 2.70. The molecule has 2 heterocycles. The summed E-state index contributed by atoms with van der Waals surface area (Å²) in [5.74, 6) is 0. The number of amides is 2. The van der Waals surface area contributed by atoms with E-state index in [9.17, 15) is 4.79 Å². The Morgan fingerprint density at radius 1 is 1.55 bits per heavy atom. The second-order valence-electron chi connectivity index (χ2n) is 3.62. The van der Waals surface area contributed by atoms with Crippen LogP contribution in [0.25, 0.3) is 0 Å². The first-order valence-corrected chi connectivity index (χ1v) is 3.97. The lowest BCUT2D eigenvalue weighted by Crippen LogP contribution is -2.60. The van der Waals surface area contributed by atoms with E-state index in [4.69, 9.17) is 5.73 Å². The van der Waals surface area contributed by atoms with E-state index in [0.717, 1.165) is 26.2 Å². The Hall–Kier alpha value is -0.770. The van der Waals surface area contributed by atoms with E-state index in [1.54, 1.807) is 4.90 Å². The Morgan fingerprint density at radius 2 is 2.27 bits per heavy atom. The minimum absolute atomic E-state index is 0.275. The Bertz CT molecular complexity index is 178. The molecule has 0 aliphatic carbocycles. The molecule has 4 nitrogen and oxygen atoms in total. The normalized spacial score (nSPS) is 27.1. The monoisotopic (exact) mass is 155 g/mol. The fourth-order valence-electron chi connectivity index (χ4n) is 1.98. The number of hydrogen-bond donors (Lipinski definition) is 2. The smallest absolute Gasteiger partial charge is 0.314 e. The van der Waals surface area contributed by atoms with E-state index in [2.05, 4.69) is 5.32 Å². The van der Waals surface area contributed by atoms with Gasteiger partial charge in [0, 0.05) is 25.0 Å². The third kappa shape index (κ3) is 0.976. The molecule has 2 fully saturated rings. The van der Waals surface area contributed by atoms with Crippen molar-refractivity contribution in [3.05, 3.63) is 0 Å². The van der Waals surface area contributed by atoms with Crippen LogP contribution in [0.15, 0.2) is 0 Å². The maximum atomic E-state index is 10.6. The summed E-state index contributed by atoms with van der Waals surface area (Å²) in [5, 5.41) is 3.30. The predicted molar refractivity (Wildman–Crippen MR) is 41.1 cm³/mol. The first-order valence-electron chi connectivity index (χ1n) is 3.97. The molecule has 0 aromatic rings. The van der Waals surface area contributed by atoms with Gasteiger partial charge in [0.2, 0.25) is 0 Å². The van der Waals surface area contributed by atoms with Crippen LogP contribution in [-0.4, -0.2) is 37.1 Å². The molecule has 4 heteroatoms. The summed E-state index contributed by atoms with van der Waals surface area (Å²) in [6.45, 7) is 3.86. The number of nitrogens with two attached hydrogens (primary N) is 1. The topological polar surface area (TPSA) is 58.4 Å². The van der Waals surface area contributed by atoms with Crippen molar-refractivity contribution in [1.29, 1.82) is 0 Å². The Kier molecular flexibility index (Phi) is 1.32. The summed E-state index contributed by atoms with van der Waals surface area (Å²) in [4.78, 5) is 12.4. The van der Waals surface area contributed by atoms with Crippen molar-refractivity contribution in [3.8, 4) is 0 Å². The second-order valence-corrected chi connectivity index (χ2v) is 3.62. The summed E-state index contributed by atoms with van der Waals surface area (Å²) < 4.78 is 0. The molecule has 1 spiro atoms. The molecule has 62 valence electrons. The molecule has 2 aliphatic heterocycles. The van der Waals surface area contributed by atoms with Crippen LogP contribution in [0.5, 0.6) is 0 Å². The second kappa shape index (κ2) is 2.11. The van der Waals surface area contributed by atoms with Crippen LogP contribution < -0.4 is 11.1 Å². The minimum Gasteiger partial charge on any atom is -0.351 e. The molecule has 0 aromatic heterocycles. The largest absolute Gasteiger partial charge is 0.351 e. The number of nitrogens with one attached hydrogen (secondary N) is 1. The highest BCUT2D eigenvalue weighted by molar-refractivity contribution is 5.73. The van der Waals surface area contributed by atoms with Crippen molar-refractivity contribution >= 4 is 6.03 Å². The van der Waals surface area contributed by atoms with Crippen molar-refractivity contribution in [2.45, 2.75) is 6.42 Å². The van der Waals surface area contributed by atoms with Gasteiger partial charge in [0.1, 0.15) is 0 Å². The van der Waals surface area contributed by atoms with Gasteiger partial charge in [0.25, 0.3) is 0 Å². The highest BCUT2D eigenvalue weighted by Crippen LogP contribution is 2.35. The first-order chi connectivity index (χ1) is 5.22. The summed E-state index contributed by atoms with van der Waals surface area (Å²) >= 11 is 0. The molecule has 0 saturated carbocycles. The fraction of sp³-hybridized carbons (Fsp3) is 0.857. The quantitative estimate of drug-likeness (QED) is 0.489. The molecule has 0 radical (unpaired) electrons. The summed E-state index contributed by atoms with van der Waals surface area (Å²) in [6.07, 6.45) is 1.19. The van der Waals surface area contributed by atoms with E-state index in [1.165, 1.54) is 6.42 Å². The van der Waals surface area contributed by atoms with Gasteiger partial charge in [-0.1, -0.05) is 0 Å². The van der Waals surface area contributed by atoms with Crippen LogP contribution in [-0.2, 0) is 0 Å². The van der Waals surface area contributed by atoms with Gasteiger partial charge in [-0.3, -0.25) is 0 Å². The molecule has 11 heavy (non-hydrogen) atoms. The number of nitrogens with zero attached hydrogens (tertiary/aromatic N) is 1. The van der Waals surface area contributed by atoms with Gasteiger partial charge in [-0.05, 0) is 13.0 Å². The number of primary amides is 1. The molecular weight excluding hydrogens is 142 g/mol. The zero-order valence-electron chi connectivity index (χ0n) is 6.47. The molecule has 0 unspecified atom stereocenters. The SMILES string of the molecule is NC(=O)N1CC2(CCNC2)C1. The average molecular weight is 155 g/mol. The lowest BCUT2D eigenvalue weighted by molar-refractivity contribution is 0.0521. The first kappa shape index (κ1) is 6.91. The van der Waals surface area contributed by atoms with E-state index in [-0.39, 0.29) is 6.03 Å². The fourth-order valence-corrected chi connectivity index (χ4v) is 1.98. The molecule has 2 aliphatic rings. The van der Waals surface area contributed by atoms with Gasteiger partial charge in [-0.2, -0.15) is 0 Å². The molecule has 2 rings (SSSR count). The zero-order valence-corrected chi connectivity index (χ0v) is 6.47. The van der Waals surface area contributed by atoms with Crippen LogP contribution in [0.2, 0.25) is 0 Å². The lowest BCUT2D eigenvalue weighted by Gasteiger charge is -2.46. The number of hydrogen-bond acceptors (Lipinski definition) is 2. The van der Waals surface area contributed by atoms with Gasteiger partial charge in [0.15, 0.2) is 0 Å². The highest BCUT2D eigenvalue weighted by Gasteiger charge is 2.46. The number of carbonyl (C=O) groups is 1. The predicted octanol–water partition coefficient (Wildman–Crippen LogP) is -0.640. The van der Waals surface area contributed by atoms with Crippen molar-refractivity contribution < 1.29 is 4.79 Å². The Labute approximate surface area is 65.7 Å².